The summed E-state index contributed by atoms with van der Waals surface area (Å²) in [4.78, 5) is 34.2. The topological polar surface area (TPSA) is 47.1 Å². The van der Waals surface area contributed by atoms with Crippen LogP contribution in [0.1, 0.15) is 24.8 Å². The van der Waals surface area contributed by atoms with Crippen LogP contribution in [0.2, 0.25) is 0 Å². The van der Waals surface area contributed by atoms with Crippen molar-refractivity contribution in [3.8, 4) is 0 Å². The summed E-state index contributed by atoms with van der Waals surface area (Å²) in [6.45, 7) is 3.69. The minimum atomic E-state index is -0.642. The molecule has 6 heteroatoms. The molecule has 148 valence electrons. The van der Waals surface area contributed by atoms with Crippen molar-refractivity contribution in [2.45, 2.75) is 31.2 Å². The standard InChI is InChI=1S/C21H32N4O2/c1-22(2)13-7-14-24-19(26)21(11-16-23(3)17-12-21)25(20(24)27)15-10-18-8-5-4-6-9-18/h4-6,8-9H,7,10-17H2,1-3H3. The summed E-state index contributed by atoms with van der Waals surface area (Å²) in [6, 6.07) is 10.1. The van der Waals surface area contributed by atoms with E-state index >= 15 is 0 Å². The van der Waals surface area contributed by atoms with Gasteiger partial charge < -0.3 is 14.7 Å². The number of urea groups is 1. The van der Waals surface area contributed by atoms with Gasteiger partial charge in [-0.3, -0.25) is 9.69 Å². The van der Waals surface area contributed by atoms with E-state index in [0.717, 1.165) is 45.3 Å². The van der Waals surface area contributed by atoms with Crippen molar-refractivity contribution in [3.05, 3.63) is 35.9 Å². The molecule has 6 nitrogen and oxygen atoms in total. The van der Waals surface area contributed by atoms with Crippen molar-refractivity contribution < 1.29 is 9.59 Å². The minimum Gasteiger partial charge on any atom is -0.309 e. The molecule has 2 saturated heterocycles. The first-order valence-electron chi connectivity index (χ1n) is 9.95. The zero-order valence-electron chi connectivity index (χ0n) is 16.9. The monoisotopic (exact) mass is 372 g/mol. The molecular weight excluding hydrogens is 340 g/mol. The number of hydrogen-bond donors (Lipinski definition) is 0. The molecule has 3 rings (SSSR count). The van der Waals surface area contributed by atoms with Crippen LogP contribution in [0.4, 0.5) is 4.79 Å². The molecule has 0 aromatic heterocycles. The Kier molecular flexibility index (Phi) is 6.17. The minimum absolute atomic E-state index is 0.0208. The molecule has 3 amide bonds. The Labute approximate surface area is 162 Å². The van der Waals surface area contributed by atoms with E-state index in [1.54, 1.807) is 0 Å². The molecular formula is C21H32N4O2. The lowest BCUT2D eigenvalue weighted by molar-refractivity contribution is -0.135. The van der Waals surface area contributed by atoms with Gasteiger partial charge in [-0.25, -0.2) is 4.79 Å². The second kappa shape index (κ2) is 8.40. The van der Waals surface area contributed by atoms with Gasteiger partial charge in [-0.15, -0.1) is 0 Å². The van der Waals surface area contributed by atoms with Crippen molar-refractivity contribution >= 4 is 11.9 Å². The van der Waals surface area contributed by atoms with Crippen LogP contribution in [0.3, 0.4) is 0 Å². The summed E-state index contributed by atoms with van der Waals surface area (Å²) in [7, 11) is 6.10. The van der Waals surface area contributed by atoms with E-state index in [2.05, 4.69) is 29.0 Å². The maximum absolute atomic E-state index is 13.3. The fraction of sp³-hybridized carbons (Fsp3) is 0.619. The lowest BCUT2D eigenvalue weighted by atomic mass is 9.85. The molecule has 0 aliphatic carbocycles. The van der Waals surface area contributed by atoms with Crippen molar-refractivity contribution in [1.29, 1.82) is 0 Å². The average molecular weight is 373 g/mol. The predicted octanol–water partition coefficient (Wildman–Crippen LogP) is 1.91. The first-order chi connectivity index (χ1) is 12.9. The fourth-order valence-electron chi connectivity index (χ4n) is 4.19. The number of benzene rings is 1. The number of likely N-dealkylation sites (tertiary alicyclic amines) is 1. The molecule has 1 spiro atoms. The van der Waals surface area contributed by atoms with Crippen LogP contribution in [-0.4, -0.2) is 90.9 Å². The summed E-state index contributed by atoms with van der Waals surface area (Å²) in [5, 5.41) is 0. The van der Waals surface area contributed by atoms with Gasteiger partial charge in [0.1, 0.15) is 5.54 Å². The van der Waals surface area contributed by atoms with Gasteiger partial charge in [-0.1, -0.05) is 30.3 Å². The van der Waals surface area contributed by atoms with Crippen molar-refractivity contribution in [2.75, 3.05) is 53.9 Å². The average Bonchev–Trinajstić information content (AvgIpc) is 2.84. The highest BCUT2D eigenvalue weighted by molar-refractivity contribution is 6.07. The SMILES string of the molecule is CN(C)CCCN1C(=O)N(CCc2ccccc2)C2(CCN(C)CC2)C1=O. The Morgan fingerprint density at radius 3 is 2.33 bits per heavy atom. The lowest BCUT2D eigenvalue weighted by Gasteiger charge is -2.41. The van der Waals surface area contributed by atoms with E-state index in [9.17, 15) is 9.59 Å². The van der Waals surface area contributed by atoms with E-state index in [0.29, 0.717) is 13.1 Å². The van der Waals surface area contributed by atoms with Crippen LogP contribution in [0.15, 0.2) is 30.3 Å². The highest BCUT2D eigenvalue weighted by Crippen LogP contribution is 2.37. The molecule has 2 aliphatic rings. The van der Waals surface area contributed by atoms with Crippen molar-refractivity contribution in [2.24, 2.45) is 0 Å². The Bertz CT molecular complexity index is 653. The number of piperidine rings is 1. The number of carbonyl (C=O) groups excluding carboxylic acids is 2. The molecule has 2 fully saturated rings. The molecule has 1 aromatic carbocycles. The van der Waals surface area contributed by atoms with Gasteiger partial charge in [0.25, 0.3) is 5.91 Å². The van der Waals surface area contributed by atoms with Crippen LogP contribution in [0.5, 0.6) is 0 Å². The fourth-order valence-corrected chi connectivity index (χ4v) is 4.19. The number of carbonyl (C=O) groups is 2. The second-order valence-electron chi connectivity index (χ2n) is 8.12. The highest BCUT2D eigenvalue weighted by Gasteiger charge is 2.57. The van der Waals surface area contributed by atoms with Crippen LogP contribution in [-0.2, 0) is 11.2 Å². The molecule has 0 unspecified atom stereocenters. The van der Waals surface area contributed by atoms with Gasteiger partial charge in [0.2, 0.25) is 0 Å². The highest BCUT2D eigenvalue weighted by atomic mass is 16.2. The smallest absolute Gasteiger partial charge is 0.309 e. The summed E-state index contributed by atoms with van der Waals surface area (Å²) in [5.41, 5.74) is 0.558. The van der Waals surface area contributed by atoms with Gasteiger partial charge in [0, 0.05) is 26.2 Å². The number of rotatable bonds is 7. The Balaban J connectivity index is 1.76. The first kappa shape index (κ1) is 19.8. The molecule has 0 N–H and O–H groups in total. The molecule has 1 aromatic rings. The van der Waals surface area contributed by atoms with E-state index < -0.39 is 5.54 Å². The third kappa shape index (κ3) is 4.17. The van der Waals surface area contributed by atoms with Crippen molar-refractivity contribution in [1.82, 2.24) is 19.6 Å². The van der Waals surface area contributed by atoms with Crippen molar-refractivity contribution in [3.63, 3.8) is 0 Å². The maximum Gasteiger partial charge on any atom is 0.327 e. The van der Waals surface area contributed by atoms with Gasteiger partial charge in [0.05, 0.1) is 0 Å². The zero-order chi connectivity index (χ0) is 19.4. The molecule has 27 heavy (non-hydrogen) atoms. The largest absolute Gasteiger partial charge is 0.327 e. The zero-order valence-corrected chi connectivity index (χ0v) is 16.9. The first-order valence-corrected chi connectivity index (χ1v) is 9.95. The maximum atomic E-state index is 13.3. The van der Waals surface area contributed by atoms with E-state index in [-0.39, 0.29) is 11.9 Å². The summed E-state index contributed by atoms with van der Waals surface area (Å²) in [6.07, 6.45) is 3.05. The summed E-state index contributed by atoms with van der Waals surface area (Å²) >= 11 is 0. The van der Waals surface area contributed by atoms with Gasteiger partial charge in [0.15, 0.2) is 0 Å². The number of nitrogens with zero attached hydrogens (tertiary/aromatic N) is 4. The van der Waals surface area contributed by atoms with E-state index in [1.807, 2.05) is 37.2 Å². The number of imide groups is 1. The van der Waals surface area contributed by atoms with Gasteiger partial charge in [-0.2, -0.15) is 0 Å². The van der Waals surface area contributed by atoms with Gasteiger partial charge >= 0.3 is 6.03 Å². The lowest BCUT2D eigenvalue weighted by Crippen LogP contribution is -2.56. The third-order valence-corrected chi connectivity index (χ3v) is 5.89. The number of amides is 3. The molecule has 2 heterocycles. The summed E-state index contributed by atoms with van der Waals surface area (Å²) in [5.74, 6) is 0.0208. The molecule has 0 atom stereocenters. The van der Waals surface area contributed by atoms with E-state index in [1.165, 1.54) is 10.5 Å². The molecule has 0 bridgehead atoms. The Morgan fingerprint density at radius 2 is 1.70 bits per heavy atom. The molecule has 2 aliphatic heterocycles. The molecule has 0 radical (unpaired) electrons. The predicted molar refractivity (Wildman–Crippen MR) is 107 cm³/mol. The third-order valence-electron chi connectivity index (χ3n) is 5.89. The number of hydrogen-bond acceptors (Lipinski definition) is 4. The van der Waals surface area contributed by atoms with E-state index in [4.69, 9.17) is 0 Å². The van der Waals surface area contributed by atoms with Crippen LogP contribution >= 0.6 is 0 Å². The normalized spacial score (nSPS) is 20.3. The Hall–Kier alpha value is -1.92. The Morgan fingerprint density at radius 1 is 1.04 bits per heavy atom. The van der Waals surface area contributed by atoms with Gasteiger partial charge in [-0.05, 0) is 58.9 Å². The van der Waals surface area contributed by atoms with Crippen LogP contribution in [0.25, 0.3) is 0 Å². The quantitative estimate of drug-likeness (QED) is 0.686. The molecule has 0 saturated carbocycles. The second-order valence-corrected chi connectivity index (χ2v) is 8.12. The summed E-state index contributed by atoms with van der Waals surface area (Å²) < 4.78 is 0. The van der Waals surface area contributed by atoms with Crippen LogP contribution < -0.4 is 0 Å². The van der Waals surface area contributed by atoms with Crippen LogP contribution in [0, 0.1) is 0 Å².